The minimum Gasteiger partial charge on any atom is -0.490 e. The summed E-state index contributed by atoms with van der Waals surface area (Å²) >= 11 is 0. The Bertz CT molecular complexity index is 394. The summed E-state index contributed by atoms with van der Waals surface area (Å²) in [6, 6.07) is 8.63. The molecule has 4 heteroatoms. The van der Waals surface area contributed by atoms with Crippen molar-refractivity contribution in [3.63, 3.8) is 0 Å². The van der Waals surface area contributed by atoms with E-state index in [2.05, 4.69) is 17.3 Å². The van der Waals surface area contributed by atoms with E-state index in [1.165, 1.54) is 12.8 Å². The quantitative estimate of drug-likeness (QED) is 0.711. The predicted octanol–water partition coefficient (Wildman–Crippen LogP) is 2.15. The van der Waals surface area contributed by atoms with E-state index in [0.717, 1.165) is 37.2 Å². The minimum absolute atomic E-state index is 0.660. The highest BCUT2D eigenvalue weighted by atomic mass is 16.5. The van der Waals surface area contributed by atoms with Crippen LogP contribution in [0.15, 0.2) is 24.3 Å². The van der Waals surface area contributed by atoms with Crippen molar-refractivity contribution in [2.75, 3.05) is 39.9 Å². The third kappa shape index (κ3) is 5.39. The molecule has 1 aromatic carbocycles. The lowest BCUT2D eigenvalue weighted by molar-refractivity contribution is 0.226. The van der Waals surface area contributed by atoms with Crippen molar-refractivity contribution in [1.29, 1.82) is 0 Å². The maximum atomic E-state index is 5.81. The van der Waals surface area contributed by atoms with E-state index in [1.54, 1.807) is 0 Å². The van der Waals surface area contributed by atoms with Gasteiger partial charge in [0, 0.05) is 25.7 Å². The summed E-state index contributed by atoms with van der Waals surface area (Å²) < 4.78 is 11.4. The van der Waals surface area contributed by atoms with E-state index < -0.39 is 0 Å². The molecular formula is C16H26N2O2. The van der Waals surface area contributed by atoms with E-state index in [1.807, 2.05) is 31.2 Å². The normalized spacial score (nSPS) is 14.6. The molecule has 0 amide bonds. The van der Waals surface area contributed by atoms with Crippen LogP contribution in [0.3, 0.4) is 0 Å². The topological polar surface area (TPSA) is 33.7 Å². The van der Waals surface area contributed by atoms with Gasteiger partial charge in [0.15, 0.2) is 11.5 Å². The fourth-order valence-electron chi connectivity index (χ4n) is 2.01. The first kappa shape index (κ1) is 15.1. The van der Waals surface area contributed by atoms with Crippen LogP contribution in [-0.2, 0) is 0 Å². The second-order valence-electron chi connectivity index (χ2n) is 5.26. The van der Waals surface area contributed by atoms with Gasteiger partial charge >= 0.3 is 0 Å². The smallest absolute Gasteiger partial charge is 0.161 e. The molecule has 0 heterocycles. The second-order valence-corrected chi connectivity index (χ2v) is 5.26. The van der Waals surface area contributed by atoms with Crippen molar-refractivity contribution in [2.24, 2.45) is 0 Å². The molecule has 1 fully saturated rings. The lowest BCUT2D eigenvalue weighted by Crippen LogP contribution is -2.32. The molecule has 1 N–H and O–H groups in total. The zero-order valence-electron chi connectivity index (χ0n) is 12.6. The van der Waals surface area contributed by atoms with Gasteiger partial charge < -0.3 is 19.7 Å². The number of benzene rings is 1. The van der Waals surface area contributed by atoms with E-state index in [9.17, 15) is 0 Å². The molecule has 0 aromatic heterocycles. The van der Waals surface area contributed by atoms with Crippen LogP contribution in [0.4, 0.5) is 0 Å². The van der Waals surface area contributed by atoms with Crippen LogP contribution in [0, 0.1) is 0 Å². The highest BCUT2D eigenvalue weighted by Gasteiger charge is 2.19. The lowest BCUT2D eigenvalue weighted by Gasteiger charge is -2.18. The molecule has 0 radical (unpaired) electrons. The standard InChI is InChI=1S/C16H26N2O2/c1-3-19-15-6-4-5-7-16(15)20-13-12-18(2)11-10-17-14-8-9-14/h4-7,14,17H,3,8-13H2,1-2H3. The molecule has 0 bridgehead atoms. The lowest BCUT2D eigenvalue weighted by atomic mass is 10.3. The van der Waals surface area contributed by atoms with Gasteiger partial charge in [0.05, 0.1) is 6.61 Å². The van der Waals surface area contributed by atoms with Crippen LogP contribution in [0.25, 0.3) is 0 Å². The molecule has 1 aliphatic rings. The largest absolute Gasteiger partial charge is 0.490 e. The van der Waals surface area contributed by atoms with Gasteiger partial charge in [-0.15, -0.1) is 0 Å². The summed E-state index contributed by atoms with van der Waals surface area (Å²) in [5.74, 6) is 1.66. The molecule has 1 aromatic rings. The summed E-state index contributed by atoms with van der Waals surface area (Å²) in [6.07, 6.45) is 2.70. The predicted molar refractivity (Wildman–Crippen MR) is 81.6 cm³/mol. The van der Waals surface area contributed by atoms with E-state index in [0.29, 0.717) is 13.2 Å². The Hall–Kier alpha value is -1.26. The Morgan fingerprint density at radius 3 is 2.50 bits per heavy atom. The molecule has 112 valence electrons. The molecule has 0 spiro atoms. The van der Waals surface area contributed by atoms with Crippen LogP contribution in [-0.4, -0.2) is 50.8 Å². The number of para-hydroxylation sites is 2. The van der Waals surface area contributed by atoms with Crippen LogP contribution in [0.1, 0.15) is 19.8 Å². The number of hydrogen-bond donors (Lipinski definition) is 1. The molecule has 0 aliphatic heterocycles. The van der Waals surface area contributed by atoms with Crippen molar-refractivity contribution in [3.05, 3.63) is 24.3 Å². The van der Waals surface area contributed by atoms with Gasteiger partial charge in [-0.1, -0.05) is 12.1 Å². The fraction of sp³-hybridized carbons (Fsp3) is 0.625. The summed E-state index contributed by atoms with van der Waals surface area (Å²) in [5.41, 5.74) is 0. The summed E-state index contributed by atoms with van der Waals surface area (Å²) in [7, 11) is 2.13. The average molecular weight is 278 g/mol. The van der Waals surface area contributed by atoms with Crippen LogP contribution < -0.4 is 14.8 Å². The Morgan fingerprint density at radius 1 is 1.15 bits per heavy atom. The van der Waals surface area contributed by atoms with Crippen molar-refractivity contribution in [3.8, 4) is 11.5 Å². The minimum atomic E-state index is 0.660. The first-order chi connectivity index (χ1) is 9.79. The molecule has 0 saturated heterocycles. The first-order valence-electron chi connectivity index (χ1n) is 7.56. The van der Waals surface area contributed by atoms with Crippen LogP contribution in [0.2, 0.25) is 0 Å². The number of ether oxygens (including phenoxy) is 2. The third-order valence-corrected chi connectivity index (χ3v) is 3.38. The highest BCUT2D eigenvalue weighted by Crippen LogP contribution is 2.26. The Labute approximate surface area is 122 Å². The molecule has 0 unspecified atom stereocenters. The third-order valence-electron chi connectivity index (χ3n) is 3.38. The van der Waals surface area contributed by atoms with Gasteiger partial charge in [0.2, 0.25) is 0 Å². The Kier molecular flexibility index (Phi) is 6.15. The van der Waals surface area contributed by atoms with Crippen LogP contribution >= 0.6 is 0 Å². The van der Waals surface area contributed by atoms with E-state index in [-0.39, 0.29) is 0 Å². The molecule has 4 nitrogen and oxygen atoms in total. The molecule has 1 aliphatic carbocycles. The number of nitrogens with one attached hydrogen (secondary N) is 1. The molecular weight excluding hydrogens is 252 g/mol. The maximum Gasteiger partial charge on any atom is 0.161 e. The van der Waals surface area contributed by atoms with Gasteiger partial charge in [-0.3, -0.25) is 0 Å². The molecule has 2 rings (SSSR count). The first-order valence-corrected chi connectivity index (χ1v) is 7.56. The van der Waals surface area contributed by atoms with Gasteiger partial charge in [-0.25, -0.2) is 0 Å². The second kappa shape index (κ2) is 8.12. The monoisotopic (exact) mass is 278 g/mol. The van der Waals surface area contributed by atoms with E-state index >= 15 is 0 Å². The van der Waals surface area contributed by atoms with Crippen molar-refractivity contribution < 1.29 is 9.47 Å². The zero-order valence-corrected chi connectivity index (χ0v) is 12.6. The van der Waals surface area contributed by atoms with Gasteiger partial charge in [-0.05, 0) is 38.9 Å². The molecule has 20 heavy (non-hydrogen) atoms. The number of rotatable bonds is 10. The highest BCUT2D eigenvalue weighted by molar-refractivity contribution is 5.39. The van der Waals surface area contributed by atoms with Gasteiger partial charge in [0.25, 0.3) is 0 Å². The van der Waals surface area contributed by atoms with Crippen molar-refractivity contribution >= 4 is 0 Å². The fourth-order valence-corrected chi connectivity index (χ4v) is 2.01. The Morgan fingerprint density at radius 2 is 1.85 bits per heavy atom. The summed E-state index contributed by atoms with van der Waals surface area (Å²) in [4.78, 5) is 2.29. The SMILES string of the molecule is CCOc1ccccc1OCCN(C)CCNC1CC1. The Balaban J connectivity index is 1.63. The van der Waals surface area contributed by atoms with Crippen molar-refractivity contribution in [1.82, 2.24) is 10.2 Å². The summed E-state index contributed by atoms with van der Waals surface area (Å²) in [5, 5.41) is 3.52. The molecule has 0 atom stereocenters. The van der Waals surface area contributed by atoms with E-state index in [4.69, 9.17) is 9.47 Å². The molecule has 1 saturated carbocycles. The average Bonchev–Trinajstić information content (AvgIpc) is 3.25. The van der Waals surface area contributed by atoms with Crippen molar-refractivity contribution in [2.45, 2.75) is 25.8 Å². The van der Waals surface area contributed by atoms with Crippen LogP contribution in [0.5, 0.6) is 11.5 Å². The maximum absolute atomic E-state index is 5.81. The number of hydrogen-bond acceptors (Lipinski definition) is 4. The number of nitrogens with zero attached hydrogens (tertiary/aromatic N) is 1. The van der Waals surface area contributed by atoms with Gasteiger partial charge in [-0.2, -0.15) is 0 Å². The van der Waals surface area contributed by atoms with Gasteiger partial charge in [0.1, 0.15) is 6.61 Å². The number of likely N-dealkylation sites (N-methyl/N-ethyl adjacent to an activating group) is 1. The zero-order chi connectivity index (χ0) is 14.2. The summed E-state index contributed by atoms with van der Waals surface area (Å²) in [6.45, 7) is 6.38.